The maximum absolute atomic E-state index is 4.69. The number of rotatable bonds is 1. The molecule has 7 heteroatoms. The Morgan fingerprint density at radius 2 is 1.73 bits per heavy atom. The molecule has 0 spiro atoms. The van der Waals surface area contributed by atoms with Gasteiger partial charge in [0.2, 0.25) is 0 Å². The molecular weight excluding hydrogens is 321 g/mol. The second kappa shape index (κ2) is 6.22. The van der Waals surface area contributed by atoms with E-state index in [4.69, 9.17) is 0 Å². The molecule has 2 aliphatic rings. The molecule has 4 heterocycles. The molecule has 22 heavy (non-hydrogen) atoms. The third kappa shape index (κ3) is 2.55. The molecule has 0 bridgehead atoms. The van der Waals surface area contributed by atoms with Gasteiger partial charge in [-0.3, -0.25) is 0 Å². The van der Waals surface area contributed by atoms with Gasteiger partial charge in [-0.15, -0.1) is 24.8 Å². The summed E-state index contributed by atoms with van der Waals surface area (Å²) in [6.07, 6.45) is 0. The molecule has 4 rings (SSSR count). The molecule has 122 valence electrons. The fraction of sp³-hybridized carbons (Fsp3) is 0.600. The van der Waals surface area contributed by atoms with E-state index in [1.807, 2.05) is 4.52 Å². The maximum atomic E-state index is 4.69. The highest BCUT2D eigenvalue weighted by Gasteiger charge is 2.37. The number of nitrogens with one attached hydrogen (secondary N) is 1. The Morgan fingerprint density at radius 3 is 2.36 bits per heavy atom. The molecule has 0 saturated carbocycles. The van der Waals surface area contributed by atoms with Crippen LogP contribution in [0.1, 0.15) is 17.0 Å². The summed E-state index contributed by atoms with van der Waals surface area (Å²) in [4.78, 5) is 7.15. The summed E-state index contributed by atoms with van der Waals surface area (Å²) in [7, 11) is 0. The number of hydrogen-bond acceptors (Lipinski definition) is 4. The van der Waals surface area contributed by atoms with Crippen molar-refractivity contribution < 1.29 is 0 Å². The van der Waals surface area contributed by atoms with E-state index in [1.54, 1.807) is 0 Å². The van der Waals surface area contributed by atoms with Gasteiger partial charge >= 0.3 is 0 Å². The number of hydrogen-bond donors (Lipinski definition) is 1. The van der Waals surface area contributed by atoms with Crippen molar-refractivity contribution in [3.8, 4) is 0 Å². The van der Waals surface area contributed by atoms with E-state index in [0.29, 0.717) is 0 Å². The van der Waals surface area contributed by atoms with E-state index < -0.39 is 0 Å². The molecule has 0 unspecified atom stereocenters. The standard InChI is InChI=1S/C15H21N5.2ClH/c1-9-4-14(19-7-12-5-16-6-13(12)8-19)20-15(17-9)10(2)11(3)18-20;;/h4,12-13,16H,5-8H2,1-3H3;2*1H/t12-,13+;;. The van der Waals surface area contributed by atoms with Crippen LogP contribution in [0, 0.1) is 32.6 Å². The van der Waals surface area contributed by atoms with Gasteiger partial charge in [0.15, 0.2) is 5.65 Å². The number of nitrogens with zero attached hydrogens (tertiary/aromatic N) is 4. The first-order chi connectivity index (χ1) is 9.63. The van der Waals surface area contributed by atoms with Gasteiger partial charge in [0, 0.05) is 43.5 Å². The van der Waals surface area contributed by atoms with Crippen molar-refractivity contribution in [3.05, 3.63) is 23.0 Å². The predicted molar refractivity (Wildman–Crippen MR) is 93.8 cm³/mol. The Hall–Kier alpha value is -1.04. The van der Waals surface area contributed by atoms with Crippen LogP contribution in [0.2, 0.25) is 0 Å². The Kier molecular flexibility index (Phi) is 4.90. The lowest BCUT2D eigenvalue weighted by Crippen LogP contribution is -2.27. The average molecular weight is 344 g/mol. The fourth-order valence-corrected chi connectivity index (χ4v) is 3.60. The smallest absolute Gasteiger partial charge is 0.160 e. The SMILES string of the molecule is Cc1cc(N2C[C@H]3CNC[C@H]3C2)n2nc(C)c(C)c2n1.Cl.Cl. The molecule has 2 aromatic heterocycles. The predicted octanol–water partition coefficient (Wildman–Crippen LogP) is 2.15. The van der Waals surface area contributed by atoms with E-state index in [9.17, 15) is 0 Å². The van der Waals surface area contributed by atoms with Crippen molar-refractivity contribution in [2.75, 3.05) is 31.1 Å². The first-order valence-corrected chi connectivity index (χ1v) is 7.42. The van der Waals surface area contributed by atoms with E-state index >= 15 is 0 Å². The largest absolute Gasteiger partial charge is 0.356 e. The van der Waals surface area contributed by atoms with Crippen molar-refractivity contribution in [3.63, 3.8) is 0 Å². The lowest BCUT2D eigenvalue weighted by atomic mass is 10.0. The molecule has 2 aromatic rings. The first-order valence-electron chi connectivity index (χ1n) is 7.42. The molecule has 2 fully saturated rings. The maximum Gasteiger partial charge on any atom is 0.160 e. The van der Waals surface area contributed by atoms with Crippen LogP contribution < -0.4 is 10.2 Å². The molecule has 0 amide bonds. The van der Waals surface area contributed by atoms with Crippen LogP contribution in [-0.4, -0.2) is 40.8 Å². The zero-order valence-electron chi connectivity index (χ0n) is 13.2. The van der Waals surface area contributed by atoms with Gasteiger partial charge in [-0.2, -0.15) is 9.61 Å². The van der Waals surface area contributed by atoms with Gasteiger partial charge in [0.1, 0.15) is 5.82 Å². The van der Waals surface area contributed by atoms with E-state index in [0.717, 1.165) is 55.0 Å². The molecular formula is C15H23Cl2N5. The van der Waals surface area contributed by atoms with Crippen LogP contribution in [0.4, 0.5) is 5.82 Å². The van der Waals surface area contributed by atoms with Gasteiger partial charge < -0.3 is 10.2 Å². The molecule has 2 atom stereocenters. The first kappa shape index (κ1) is 17.3. The molecule has 5 nitrogen and oxygen atoms in total. The van der Waals surface area contributed by atoms with Gasteiger partial charge in [0.25, 0.3) is 0 Å². The van der Waals surface area contributed by atoms with E-state index in [2.05, 4.69) is 47.1 Å². The number of anilines is 1. The van der Waals surface area contributed by atoms with Crippen molar-refractivity contribution >= 4 is 36.3 Å². The van der Waals surface area contributed by atoms with Crippen LogP contribution in [0.5, 0.6) is 0 Å². The minimum absolute atomic E-state index is 0. The topological polar surface area (TPSA) is 45.5 Å². The highest BCUT2D eigenvalue weighted by molar-refractivity contribution is 5.85. The summed E-state index contributed by atoms with van der Waals surface area (Å²) in [5.74, 6) is 2.78. The zero-order chi connectivity index (χ0) is 13.9. The second-order valence-corrected chi connectivity index (χ2v) is 6.28. The monoisotopic (exact) mass is 343 g/mol. The Bertz CT molecular complexity index is 672. The summed E-state index contributed by atoms with van der Waals surface area (Å²) in [5.41, 5.74) is 4.35. The summed E-state index contributed by atoms with van der Waals surface area (Å²) in [6, 6.07) is 2.17. The summed E-state index contributed by atoms with van der Waals surface area (Å²) in [6.45, 7) is 10.8. The van der Waals surface area contributed by atoms with E-state index in [-0.39, 0.29) is 24.8 Å². The van der Waals surface area contributed by atoms with Crippen LogP contribution in [-0.2, 0) is 0 Å². The number of halogens is 2. The Balaban J connectivity index is 0.000000882. The lowest BCUT2D eigenvalue weighted by Gasteiger charge is -2.20. The second-order valence-electron chi connectivity index (χ2n) is 6.28. The molecule has 0 radical (unpaired) electrons. The zero-order valence-corrected chi connectivity index (χ0v) is 14.8. The van der Waals surface area contributed by atoms with Crippen LogP contribution in [0.3, 0.4) is 0 Å². The van der Waals surface area contributed by atoms with Crippen molar-refractivity contribution in [2.24, 2.45) is 11.8 Å². The highest BCUT2D eigenvalue weighted by atomic mass is 35.5. The number of aryl methyl sites for hydroxylation is 3. The normalized spacial score (nSPS) is 23.3. The average Bonchev–Trinajstić information content (AvgIpc) is 3.05. The van der Waals surface area contributed by atoms with Crippen molar-refractivity contribution in [1.82, 2.24) is 19.9 Å². The quantitative estimate of drug-likeness (QED) is 0.861. The van der Waals surface area contributed by atoms with Gasteiger partial charge in [-0.25, -0.2) is 4.98 Å². The van der Waals surface area contributed by atoms with Crippen LogP contribution in [0.15, 0.2) is 6.07 Å². The number of aromatic nitrogens is 3. The van der Waals surface area contributed by atoms with Gasteiger partial charge in [-0.1, -0.05) is 0 Å². The summed E-state index contributed by atoms with van der Waals surface area (Å²) >= 11 is 0. The Morgan fingerprint density at radius 1 is 1.09 bits per heavy atom. The minimum Gasteiger partial charge on any atom is -0.356 e. The van der Waals surface area contributed by atoms with Gasteiger partial charge in [0.05, 0.1) is 5.69 Å². The summed E-state index contributed by atoms with van der Waals surface area (Å²) in [5, 5.41) is 8.19. The van der Waals surface area contributed by atoms with Crippen LogP contribution >= 0.6 is 24.8 Å². The molecule has 0 aliphatic carbocycles. The van der Waals surface area contributed by atoms with Crippen LogP contribution in [0.25, 0.3) is 5.65 Å². The third-order valence-corrected chi connectivity index (χ3v) is 4.88. The third-order valence-electron chi connectivity index (χ3n) is 4.88. The highest BCUT2D eigenvalue weighted by Crippen LogP contribution is 2.31. The van der Waals surface area contributed by atoms with E-state index in [1.165, 1.54) is 11.4 Å². The minimum atomic E-state index is 0. The molecule has 1 N–H and O–H groups in total. The number of fused-ring (bicyclic) bond motifs is 2. The fourth-order valence-electron chi connectivity index (χ4n) is 3.60. The Labute approximate surface area is 143 Å². The molecule has 2 aliphatic heterocycles. The van der Waals surface area contributed by atoms with Gasteiger partial charge in [-0.05, 0) is 32.6 Å². The molecule has 2 saturated heterocycles. The molecule has 0 aromatic carbocycles. The lowest BCUT2D eigenvalue weighted by molar-refractivity contribution is 0.533. The summed E-state index contributed by atoms with van der Waals surface area (Å²) < 4.78 is 2.03. The van der Waals surface area contributed by atoms with Crippen molar-refractivity contribution in [1.29, 1.82) is 0 Å². The van der Waals surface area contributed by atoms with Crippen molar-refractivity contribution in [2.45, 2.75) is 20.8 Å².